The number of likely N-dealkylation sites (tertiary alicyclic amines) is 1. The second kappa shape index (κ2) is 11.6. The summed E-state index contributed by atoms with van der Waals surface area (Å²) in [4.78, 5) is 29.9. The van der Waals surface area contributed by atoms with E-state index in [1.165, 1.54) is 10.9 Å². The Morgan fingerprint density at radius 3 is 2.65 bits per heavy atom. The third kappa shape index (κ3) is 6.92. The number of hydrogen-bond donors (Lipinski definition) is 2. The van der Waals surface area contributed by atoms with Gasteiger partial charge in [-0.25, -0.2) is 4.39 Å². The average molecular weight is 601 g/mol. The largest absolute Gasteiger partial charge is 0.573 e. The van der Waals surface area contributed by atoms with Crippen LogP contribution in [-0.2, 0) is 24.3 Å². The maximum absolute atomic E-state index is 14.0. The zero-order chi connectivity index (χ0) is 30.1. The summed E-state index contributed by atoms with van der Waals surface area (Å²) < 4.78 is 56.6. The number of unbranched alkanes of at least 4 members (excludes halogenated alkanes) is 1. The molecule has 43 heavy (non-hydrogen) atoms. The molecule has 1 saturated heterocycles. The zero-order valence-electron chi connectivity index (χ0n) is 22.9. The van der Waals surface area contributed by atoms with Gasteiger partial charge in [0.2, 0.25) is 5.91 Å². The van der Waals surface area contributed by atoms with Gasteiger partial charge in [-0.05, 0) is 62.4 Å². The lowest BCUT2D eigenvalue weighted by atomic mass is 9.95. The van der Waals surface area contributed by atoms with E-state index in [0.717, 1.165) is 79.4 Å². The van der Waals surface area contributed by atoms with Crippen LogP contribution in [-0.4, -0.2) is 66.3 Å². The van der Waals surface area contributed by atoms with Gasteiger partial charge < -0.3 is 19.9 Å². The minimum absolute atomic E-state index is 0.00540. The Hall–Kier alpha value is -4.56. The molecule has 226 valence electrons. The number of aromatic nitrogens is 6. The highest BCUT2D eigenvalue weighted by molar-refractivity contribution is 5.91. The first kappa shape index (κ1) is 28.6. The Kier molecular flexibility index (Phi) is 7.71. The van der Waals surface area contributed by atoms with Crippen LogP contribution in [0.1, 0.15) is 59.0 Å². The van der Waals surface area contributed by atoms with Gasteiger partial charge in [0.1, 0.15) is 11.6 Å². The van der Waals surface area contributed by atoms with E-state index in [9.17, 15) is 27.2 Å². The van der Waals surface area contributed by atoms with Crippen LogP contribution in [0.4, 0.5) is 17.6 Å². The lowest BCUT2D eigenvalue weighted by molar-refractivity contribution is -0.274. The SMILES string of the molecule is O=C(NCc1cc(OC(F)(F)F)ccc1F)c1cn(CCCCc2cc3cc(C4CN(C(=O)C5CC5)C4)[nH]c3nn2)nn1. The Morgan fingerprint density at radius 1 is 1.07 bits per heavy atom. The number of ether oxygens (including phenoxy) is 1. The number of amides is 2. The standard InChI is InChI=1S/C28H28F4N8O3/c29-22-7-6-21(43-28(30,31)32)10-18(22)12-33-26(41)24-15-40(38-36-24)8-2-1-3-20-9-17-11-23(34-25(17)37-35-20)19-13-39(14-19)27(42)16-4-5-16/h6-7,9-11,15-16,19H,1-5,8,12-14H2,(H,33,41)(H,34,37). The number of aromatic amines is 1. The first-order valence-electron chi connectivity index (χ1n) is 14.0. The van der Waals surface area contributed by atoms with E-state index in [0.29, 0.717) is 18.9 Å². The van der Waals surface area contributed by atoms with Crippen LogP contribution >= 0.6 is 0 Å². The molecule has 2 amide bonds. The van der Waals surface area contributed by atoms with Gasteiger partial charge in [0.25, 0.3) is 5.91 Å². The topological polar surface area (TPSA) is 131 Å². The van der Waals surface area contributed by atoms with Gasteiger partial charge in [-0.2, -0.15) is 5.10 Å². The van der Waals surface area contributed by atoms with Crippen molar-refractivity contribution < 1.29 is 31.9 Å². The summed E-state index contributed by atoms with van der Waals surface area (Å²) in [7, 11) is 0. The molecule has 2 N–H and O–H groups in total. The highest BCUT2D eigenvalue weighted by Gasteiger charge is 2.40. The molecule has 0 radical (unpaired) electrons. The number of alkyl halides is 3. The van der Waals surface area contributed by atoms with Crippen molar-refractivity contribution in [2.24, 2.45) is 5.92 Å². The summed E-state index contributed by atoms with van der Waals surface area (Å²) in [5.41, 5.74) is 2.47. The van der Waals surface area contributed by atoms with E-state index >= 15 is 0 Å². The van der Waals surface area contributed by atoms with Crippen LogP contribution in [0, 0.1) is 11.7 Å². The molecule has 1 aliphatic carbocycles. The first-order chi connectivity index (χ1) is 20.6. The van der Waals surface area contributed by atoms with Crippen molar-refractivity contribution in [3.63, 3.8) is 0 Å². The van der Waals surface area contributed by atoms with E-state index in [1.807, 2.05) is 11.0 Å². The van der Waals surface area contributed by atoms with E-state index in [4.69, 9.17) is 0 Å². The smallest absolute Gasteiger partial charge is 0.406 e. The molecule has 2 fully saturated rings. The molecule has 15 heteroatoms. The van der Waals surface area contributed by atoms with Gasteiger partial charge in [-0.3, -0.25) is 14.3 Å². The molecular formula is C28H28F4N8O3. The second-order valence-corrected chi connectivity index (χ2v) is 10.9. The number of H-pyrrole nitrogens is 1. The molecule has 1 aromatic carbocycles. The second-order valence-electron chi connectivity index (χ2n) is 10.9. The minimum Gasteiger partial charge on any atom is -0.406 e. The highest BCUT2D eigenvalue weighted by atomic mass is 19.4. The summed E-state index contributed by atoms with van der Waals surface area (Å²) in [5.74, 6) is -1.21. The van der Waals surface area contributed by atoms with E-state index in [2.05, 4.69) is 41.6 Å². The Bertz CT molecular complexity index is 1640. The summed E-state index contributed by atoms with van der Waals surface area (Å²) >= 11 is 0. The van der Waals surface area contributed by atoms with Crippen LogP contribution in [0.25, 0.3) is 11.0 Å². The van der Waals surface area contributed by atoms with Crippen LogP contribution in [0.5, 0.6) is 5.75 Å². The number of aryl methyl sites for hydroxylation is 2. The van der Waals surface area contributed by atoms with Crippen LogP contribution in [0.3, 0.4) is 0 Å². The molecule has 0 bridgehead atoms. The average Bonchev–Trinajstić information content (AvgIpc) is 3.54. The molecule has 2 aliphatic rings. The quantitative estimate of drug-likeness (QED) is 0.197. The third-order valence-electron chi connectivity index (χ3n) is 7.54. The highest BCUT2D eigenvalue weighted by Crippen LogP contribution is 2.36. The predicted octanol–water partition coefficient (Wildman–Crippen LogP) is 3.88. The summed E-state index contributed by atoms with van der Waals surface area (Å²) in [6, 6.07) is 6.66. The number of nitrogens with one attached hydrogen (secondary N) is 2. The van der Waals surface area contributed by atoms with Crippen LogP contribution in [0.15, 0.2) is 36.5 Å². The molecule has 1 aliphatic heterocycles. The Labute approximate surface area is 242 Å². The van der Waals surface area contributed by atoms with Crippen LogP contribution in [0.2, 0.25) is 0 Å². The fourth-order valence-electron chi connectivity index (χ4n) is 5.02. The van der Waals surface area contributed by atoms with Gasteiger partial charge in [-0.1, -0.05) is 5.21 Å². The maximum atomic E-state index is 14.0. The number of nitrogens with zero attached hydrogens (tertiary/aromatic N) is 6. The fourth-order valence-corrected chi connectivity index (χ4v) is 5.02. The molecule has 4 aromatic rings. The fraction of sp³-hybridized carbons (Fsp3) is 0.429. The van der Waals surface area contributed by atoms with Gasteiger partial charge >= 0.3 is 6.36 Å². The molecule has 0 spiro atoms. The lowest BCUT2D eigenvalue weighted by Crippen LogP contribution is -2.49. The van der Waals surface area contributed by atoms with Gasteiger partial charge in [0, 0.05) is 54.7 Å². The van der Waals surface area contributed by atoms with Crippen molar-refractivity contribution in [1.82, 2.24) is 40.4 Å². The zero-order valence-corrected chi connectivity index (χ0v) is 22.9. The van der Waals surface area contributed by atoms with Crippen molar-refractivity contribution >= 4 is 22.8 Å². The molecule has 1 saturated carbocycles. The van der Waals surface area contributed by atoms with E-state index < -0.39 is 23.8 Å². The van der Waals surface area contributed by atoms with Crippen molar-refractivity contribution in [2.45, 2.75) is 57.5 Å². The third-order valence-corrected chi connectivity index (χ3v) is 7.54. The number of rotatable bonds is 11. The minimum atomic E-state index is -4.92. The first-order valence-corrected chi connectivity index (χ1v) is 14.0. The number of benzene rings is 1. The maximum Gasteiger partial charge on any atom is 0.573 e. The van der Waals surface area contributed by atoms with Crippen molar-refractivity contribution in [1.29, 1.82) is 0 Å². The predicted molar refractivity (Wildman–Crippen MR) is 143 cm³/mol. The molecule has 6 rings (SSSR count). The Balaban J connectivity index is 0.946. The molecule has 0 atom stereocenters. The van der Waals surface area contributed by atoms with Gasteiger partial charge in [0.15, 0.2) is 11.3 Å². The normalized spacial score (nSPS) is 15.5. The monoisotopic (exact) mass is 600 g/mol. The summed E-state index contributed by atoms with van der Waals surface area (Å²) in [6.45, 7) is 1.61. The molecule has 4 heterocycles. The van der Waals surface area contributed by atoms with Crippen molar-refractivity contribution in [3.8, 4) is 5.75 Å². The van der Waals surface area contributed by atoms with Crippen molar-refractivity contribution in [2.75, 3.05) is 13.1 Å². The van der Waals surface area contributed by atoms with E-state index in [1.54, 1.807) is 0 Å². The molecule has 11 nitrogen and oxygen atoms in total. The molecule has 3 aromatic heterocycles. The molecular weight excluding hydrogens is 572 g/mol. The van der Waals surface area contributed by atoms with Crippen LogP contribution < -0.4 is 10.1 Å². The number of carbonyl (C=O) groups is 2. The number of fused-ring (bicyclic) bond motifs is 1. The summed E-state index contributed by atoms with van der Waals surface area (Å²) in [6.07, 6.45) is 0.768. The number of hydrogen-bond acceptors (Lipinski definition) is 7. The van der Waals surface area contributed by atoms with Gasteiger partial charge in [0.05, 0.1) is 11.9 Å². The molecule has 0 unspecified atom stereocenters. The number of halogens is 4. The number of carbonyl (C=O) groups excluding carboxylic acids is 2. The summed E-state index contributed by atoms with van der Waals surface area (Å²) in [5, 5.41) is 19.8. The van der Waals surface area contributed by atoms with E-state index in [-0.39, 0.29) is 29.6 Å². The van der Waals surface area contributed by atoms with Crippen molar-refractivity contribution in [3.05, 3.63) is 65.0 Å². The lowest BCUT2D eigenvalue weighted by Gasteiger charge is -2.39. The van der Waals surface area contributed by atoms with Gasteiger partial charge in [-0.15, -0.1) is 23.4 Å². The Morgan fingerprint density at radius 2 is 1.88 bits per heavy atom.